The van der Waals surface area contributed by atoms with Crippen LogP contribution in [-0.2, 0) is 0 Å². The number of anilines is 2. The largest absolute Gasteiger partial charge is 0.497 e. The monoisotopic (exact) mass is 391 g/mol. The fourth-order valence-electron chi connectivity index (χ4n) is 3.68. The van der Waals surface area contributed by atoms with E-state index in [0.717, 1.165) is 48.2 Å². The molecule has 0 atom stereocenters. The standard InChI is InChI=1S/C23H25N3O3/c1-28-17-12-16(13-18(14-17)29-2)24-21-15-22(23(27)26-10-6-3-7-11-26)25-20-9-5-4-8-19(20)21/h4-5,8-9,12-15H,3,6-7,10-11H2,1-2H3,(H,24,25). The number of likely N-dealkylation sites (tertiary alicyclic amines) is 1. The molecule has 0 spiro atoms. The van der Waals surface area contributed by atoms with E-state index in [0.29, 0.717) is 17.2 Å². The third-order valence-electron chi connectivity index (χ3n) is 5.21. The number of ether oxygens (including phenoxy) is 2. The Balaban J connectivity index is 1.74. The molecule has 0 unspecified atom stereocenters. The van der Waals surface area contributed by atoms with Crippen molar-refractivity contribution < 1.29 is 14.3 Å². The van der Waals surface area contributed by atoms with Crippen molar-refractivity contribution in [1.29, 1.82) is 0 Å². The number of aromatic nitrogens is 1. The van der Waals surface area contributed by atoms with Crippen LogP contribution in [0.1, 0.15) is 29.8 Å². The molecule has 6 nitrogen and oxygen atoms in total. The van der Waals surface area contributed by atoms with Gasteiger partial charge < -0.3 is 19.7 Å². The Morgan fingerprint density at radius 3 is 2.34 bits per heavy atom. The highest BCUT2D eigenvalue weighted by atomic mass is 16.5. The summed E-state index contributed by atoms with van der Waals surface area (Å²) in [5, 5.41) is 4.37. The van der Waals surface area contributed by atoms with Gasteiger partial charge >= 0.3 is 0 Å². The summed E-state index contributed by atoms with van der Waals surface area (Å²) in [6.45, 7) is 1.59. The Labute approximate surface area is 170 Å². The molecule has 1 aliphatic rings. The number of nitrogens with one attached hydrogen (secondary N) is 1. The Kier molecular flexibility index (Phi) is 5.51. The maximum absolute atomic E-state index is 13.0. The Hall–Kier alpha value is -3.28. The molecular weight excluding hydrogens is 366 g/mol. The summed E-state index contributed by atoms with van der Waals surface area (Å²) in [5.41, 5.74) is 2.89. The van der Waals surface area contributed by atoms with Crippen molar-refractivity contribution in [2.45, 2.75) is 19.3 Å². The third kappa shape index (κ3) is 4.11. The molecular formula is C23H25N3O3. The first kappa shape index (κ1) is 19.1. The van der Waals surface area contributed by atoms with Crippen molar-refractivity contribution in [3.05, 3.63) is 54.2 Å². The van der Waals surface area contributed by atoms with Gasteiger partial charge in [-0.25, -0.2) is 4.98 Å². The Morgan fingerprint density at radius 2 is 1.66 bits per heavy atom. The zero-order valence-electron chi connectivity index (χ0n) is 16.8. The minimum Gasteiger partial charge on any atom is -0.497 e. The minimum atomic E-state index is -0.0123. The molecule has 0 bridgehead atoms. The van der Waals surface area contributed by atoms with Crippen LogP contribution < -0.4 is 14.8 Å². The van der Waals surface area contributed by atoms with Crippen LogP contribution in [0.15, 0.2) is 48.5 Å². The molecule has 0 aliphatic carbocycles. The lowest BCUT2D eigenvalue weighted by molar-refractivity contribution is 0.0719. The third-order valence-corrected chi connectivity index (χ3v) is 5.21. The summed E-state index contributed by atoms with van der Waals surface area (Å²) in [7, 11) is 3.24. The number of carbonyl (C=O) groups is 1. The predicted molar refractivity (Wildman–Crippen MR) is 114 cm³/mol. The number of pyridine rings is 1. The number of rotatable bonds is 5. The molecule has 1 saturated heterocycles. The normalized spacial score (nSPS) is 13.9. The van der Waals surface area contributed by atoms with E-state index in [1.54, 1.807) is 14.2 Å². The second kappa shape index (κ2) is 8.39. The number of para-hydroxylation sites is 1. The van der Waals surface area contributed by atoms with Crippen LogP contribution in [0.2, 0.25) is 0 Å². The van der Waals surface area contributed by atoms with E-state index in [2.05, 4.69) is 10.3 Å². The van der Waals surface area contributed by atoms with Gasteiger partial charge in [0.15, 0.2) is 0 Å². The first-order valence-electron chi connectivity index (χ1n) is 9.87. The van der Waals surface area contributed by atoms with Crippen LogP contribution in [0.5, 0.6) is 11.5 Å². The van der Waals surface area contributed by atoms with Gasteiger partial charge in [-0.2, -0.15) is 0 Å². The predicted octanol–water partition coefficient (Wildman–Crippen LogP) is 4.62. The summed E-state index contributed by atoms with van der Waals surface area (Å²) in [6, 6.07) is 15.3. The first-order chi connectivity index (χ1) is 14.2. The smallest absolute Gasteiger partial charge is 0.272 e. The molecule has 1 aromatic heterocycles. The van der Waals surface area contributed by atoms with E-state index in [4.69, 9.17) is 9.47 Å². The highest BCUT2D eigenvalue weighted by molar-refractivity contribution is 6.00. The van der Waals surface area contributed by atoms with E-state index in [-0.39, 0.29) is 5.91 Å². The van der Waals surface area contributed by atoms with E-state index >= 15 is 0 Å². The average molecular weight is 391 g/mol. The minimum absolute atomic E-state index is 0.0123. The SMILES string of the molecule is COc1cc(Nc2cc(C(=O)N3CCCCC3)nc3ccccc23)cc(OC)c1. The molecule has 3 aromatic rings. The summed E-state index contributed by atoms with van der Waals surface area (Å²) in [6.07, 6.45) is 3.28. The van der Waals surface area contributed by atoms with E-state index in [1.165, 1.54) is 6.42 Å². The van der Waals surface area contributed by atoms with Crippen molar-refractivity contribution in [3.63, 3.8) is 0 Å². The number of amides is 1. The maximum atomic E-state index is 13.0. The van der Waals surface area contributed by atoms with E-state index in [1.807, 2.05) is 53.4 Å². The molecule has 1 aliphatic heterocycles. The fraction of sp³-hybridized carbons (Fsp3) is 0.304. The van der Waals surface area contributed by atoms with Gasteiger partial charge in [-0.1, -0.05) is 18.2 Å². The molecule has 1 N–H and O–H groups in total. The van der Waals surface area contributed by atoms with Crippen molar-refractivity contribution in [2.75, 3.05) is 32.6 Å². The van der Waals surface area contributed by atoms with Gasteiger partial charge in [-0.15, -0.1) is 0 Å². The summed E-state index contributed by atoms with van der Waals surface area (Å²) >= 11 is 0. The second-order valence-corrected chi connectivity index (χ2v) is 7.15. The lowest BCUT2D eigenvalue weighted by Gasteiger charge is -2.26. The number of carbonyl (C=O) groups excluding carboxylic acids is 1. The fourth-order valence-corrected chi connectivity index (χ4v) is 3.68. The van der Waals surface area contributed by atoms with Gasteiger partial charge in [0.05, 0.1) is 25.4 Å². The number of hydrogen-bond donors (Lipinski definition) is 1. The number of fused-ring (bicyclic) bond motifs is 1. The lowest BCUT2D eigenvalue weighted by atomic mass is 10.1. The number of methoxy groups -OCH3 is 2. The molecule has 1 fully saturated rings. The van der Waals surface area contributed by atoms with Crippen LogP contribution >= 0.6 is 0 Å². The van der Waals surface area contributed by atoms with Gasteiger partial charge in [0, 0.05) is 42.4 Å². The van der Waals surface area contributed by atoms with Crippen molar-refractivity contribution in [3.8, 4) is 11.5 Å². The number of nitrogens with zero attached hydrogens (tertiary/aromatic N) is 2. The zero-order valence-corrected chi connectivity index (χ0v) is 16.8. The van der Waals surface area contributed by atoms with Crippen LogP contribution in [-0.4, -0.2) is 43.1 Å². The summed E-state index contributed by atoms with van der Waals surface area (Å²) in [4.78, 5) is 19.6. The van der Waals surface area contributed by atoms with Gasteiger partial charge in [-0.05, 0) is 31.4 Å². The molecule has 4 rings (SSSR count). The van der Waals surface area contributed by atoms with Gasteiger partial charge in [-0.3, -0.25) is 4.79 Å². The van der Waals surface area contributed by atoms with E-state index < -0.39 is 0 Å². The van der Waals surface area contributed by atoms with Gasteiger partial charge in [0.2, 0.25) is 0 Å². The molecule has 0 radical (unpaired) electrons. The van der Waals surface area contributed by atoms with Crippen molar-refractivity contribution in [1.82, 2.24) is 9.88 Å². The quantitative estimate of drug-likeness (QED) is 0.687. The Morgan fingerprint density at radius 1 is 0.966 bits per heavy atom. The molecule has 0 saturated carbocycles. The number of hydrogen-bond acceptors (Lipinski definition) is 5. The highest BCUT2D eigenvalue weighted by Crippen LogP contribution is 2.31. The highest BCUT2D eigenvalue weighted by Gasteiger charge is 2.21. The van der Waals surface area contributed by atoms with Crippen LogP contribution in [0.4, 0.5) is 11.4 Å². The van der Waals surface area contributed by atoms with Gasteiger partial charge in [0.25, 0.3) is 5.91 Å². The number of benzene rings is 2. The van der Waals surface area contributed by atoms with Crippen LogP contribution in [0.3, 0.4) is 0 Å². The molecule has 2 heterocycles. The van der Waals surface area contributed by atoms with Crippen LogP contribution in [0, 0.1) is 0 Å². The molecule has 2 aromatic carbocycles. The first-order valence-corrected chi connectivity index (χ1v) is 9.87. The molecule has 29 heavy (non-hydrogen) atoms. The number of piperidine rings is 1. The zero-order chi connectivity index (χ0) is 20.2. The summed E-state index contributed by atoms with van der Waals surface area (Å²) < 4.78 is 10.7. The van der Waals surface area contributed by atoms with Gasteiger partial charge in [0.1, 0.15) is 17.2 Å². The van der Waals surface area contributed by atoms with Crippen molar-refractivity contribution in [2.24, 2.45) is 0 Å². The summed E-state index contributed by atoms with van der Waals surface area (Å²) in [5.74, 6) is 1.37. The maximum Gasteiger partial charge on any atom is 0.272 e. The second-order valence-electron chi connectivity index (χ2n) is 7.15. The molecule has 1 amide bonds. The van der Waals surface area contributed by atoms with Crippen LogP contribution in [0.25, 0.3) is 10.9 Å². The average Bonchev–Trinajstić information content (AvgIpc) is 2.78. The molecule has 6 heteroatoms. The topological polar surface area (TPSA) is 63.7 Å². The van der Waals surface area contributed by atoms with Crippen molar-refractivity contribution >= 4 is 28.2 Å². The molecule has 150 valence electrons. The van der Waals surface area contributed by atoms with E-state index in [9.17, 15) is 4.79 Å². The lowest BCUT2D eigenvalue weighted by Crippen LogP contribution is -2.36. The Bertz CT molecular complexity index is 1010.